The number of alkyl halides is 10. The molecule has 0 aromatic heterocycles. The number of halogens is 10. The Balaban J connectivity index is 5.20. The maximum absolute atomic E-state index is 13.6. The zero-order valence-corrected chi connectivity index (χ0v) is 14.3. The van der Waals surface area contributed by atoms with E-state index in [1.54, 1.807) is 5.40 Å². The maximum Gasteiger partial charge on any atom is 0.422 e. The molecule has 0 N–H and O–H groups in total. The highest BCUT2D eigenvalue weighted by molar-refractivity contribution is 8.03. The van der Waals surface area contributed by atoms with Gasteiger partial charge >= 0.3 is 18.5 Å². The minimum atomic E-state index is -5.63. The Morgan fingerprint density at radius 2 is 1.35 bits per heavy atom. The molecule has 0 aromatic carbocycles. The maximum atomic E-state index is 13.6. The van der Waals surface area contributed by atoms with E-state index in [9.17, 15) is 43.9 Å². The molecule has 0 amide bonds. The Morgan fingerprint density at radius 1 is 0.846 bits per heavy atom. The summed E-state index contributed by atoms with van der Waals surface area (Å²) in [5, 5.41) is 9.94. The first-order valence-corrected chi connectivity index (χ1v) is 8.41. The number of nitriles is 1. The highest BCUT2D eigenvalue weighted by atomic mass is 32.2. The molecular weight excluding hydrogens is 404 g/mol. The first kappa shape index (κ1) is 25.1. The topological polar surface area (TPSA) is 23.8 Å². The average molecular weight is 421 g/mol. The van der Waals surface area contributed by atoms with Gasteiger partial charge in [0, 0.05) is 12.2 Å². The molecule has 0 aromatic rings. The molecule has 0 radical (unpaired) electrons. The molecule has 0 aliphatic carbocycles. The van der Waals surface area contributed by atoms with Crippen molar-refractivity contribution >= 4 is 11.8 Å². The lowest BCUT2D eigenvalue weighted by Gasteiger charge is -2.32. The minimum absolute atomic E-state index is 0.118. The molecule has 0 saturated heterocycles. The first-order chi connectivity index (χ1) is 11.5. The zero-order chi connectivity index (χ0) is 20.8. The summed E-state index contributed by atoms with van der Waals surface area (Å²) in [7, 11) is 0. The molecule has 154 valence electrons. The second-order valence-electron chi connectivity index (χ2n) is 6.05. The third kappa shape index (κ3) is 8.68. The van der Waals surface area contributed by atoms with Gasteiger partial charge in [-0.1, -0.05) is 6.42 Å². The number of unbranched alkanes of at least 4 members (excludes halogenated alkanes) is 1. The van der Waals surface area contributed by atoms with Crippen LogP contribution >= 0.6 is 11.8 Å². The fraction of sp³-hybridized carbons (Fsp3) is 0.929. The molecule has 3 atom stereocenters. The molecule has 0 aliphatic rings. The molecule has 0 aliphatic heterocycles. The van der Waals surface area contributed by atoms with E-state index in [-0.39, 0.29) is 25.5 Å². The lowest BCUT2D eigenvalue weighted by molar-refractivity contribution is -0.255. The molecular formula is C14H17F10NS. The van der Waals surface area contributed by atoms with Crippen molar-refractivity contribution in [1.82, 2.24) is 0 Å². The second-order valence-corrected chi connectivity index (χ2v) is 6.93. The monoisotopic (exact) mass is 421 g/mol. The normalized spacial score (nSPS) is 18.1. The fourth-order valence-electron chi connectivity index (χ4n) is 2.28. The molecule has 0 rings (SSSR count). The lowest BCUT2D eigenvalue weighted by atomic mass is 9.83. The quantitative estimate of drug-likeness (QED) is 0.232. The van der Waals surface area contributed by atoms with E-state index in [1.807, 2.05) is 0 Å². The predicted octanol–water partition coefficient (Wildman–Crippen LogP) is 6.80. The van der Waals surface area contributed by atoms with Gasteiger partial charge in [0.05, 0.1) is 11.8 Å². The van der Waals surface area contributed by atoms with Crippen molar-refractivity contribution in [2.75, 3.05) is 5.75 Å². The number of rotatable bonds is 9. The second kappa shape index (κ2) is 9.37. The van der Waals surface area contributed by atoms with Crippen molar-refractivity contribution < 1.29 is 43.9 Å². The van der Waals surface area contributed by atoms with Gasteiger partial charge in [0.2, 0.25) is 5.67 Å². The van der Waals surface area contributed by atoms with Crippen LogP contribution in [0.25, 0.3) is 0 Å². The van der Waals surface area contributed by atoms with Gasteiger partial charge in [0.25, 0.3) is 0 Å². The van der Waals surface area contributed by atoms with Gasteiger partial charge in [0.15, 0.2) is 0 Å². The molecule has 1 nitrogen and oxygen atoms in total. The standard InChI is InChI=1S/C14H17F10NS/c1-11(15,14(22,23)24)7-10(13(19,20)21)6-9(12(16,17)18)4-2-3-5-26-8-25/h9-10H,2-7H2,1H3. The summed E-state index contributed by atoms with van der Waals surface area (Å²) >= 11 is 0.766. The number of thioether (sulfide) groups is 1. The molecule has 0 saturated carbocycles. The SMILES string of the molecule is CC(F)(CC(CC(CCCCSC#N)C(F)(F)F)C(F)(F)F)C(F)(F)F. The Labute approximate surface area is 148 Å². The molecule has 12 heteroatoms. The van der Waals surface area contributed by atoms with E-state index >= 15 is 0 Å². The van der Waals surface area contributed by atoms with Crippen LogP contribution in [-0.4, -0.2) is 30.0 Å². The summed E-state index contributed by atoms with van der Waals surface area (Å²) in [6.07, 6.45) is -20.7. The number of hydrogen-bond acceptors (Lipinski definition) is 2. The molecule has 0 spiro atoms. The molecule has 0 fully saturated rings. The summed E-state index contributed by atoms with van der Waals surface area (Å²) in [4.78, 5) is 0. The van der Waals surface area contributed by atoms with Crippen LogP contribution in [0.3, 0.4) is 0 Å². The molecule has 3 unspecified atom stereocenters. The van der Waals surface area contributed by atoms with Crippen LogP contribution in [-0.2, 0) is 0 Å². The van der Waals surface area contributed by atoms with Gasteiger partial charge in [-0.25, -0.2) is 4.39 Å². The fourth-order valence-corrected chi connectivity index (χ4v) is 2.72. The van der Waals surface area contributed by atoms with Crippen molar-refractivity contribution in [1.29, 1.82) is 5.26 Å². The van der Waals surface area contributed by atoms with Gasteiger partial charge in [-0.3, -0.25) is 0 Å². The third-order valence-electron chi connectivity index (χ3n) is 3.83. The van der Waals surface area contributed by atoms with Crippen molar-refractivity contribution in [2.24, 2.45) is 11.8 Å². The van der Waals surface area contributed by atoms with Crippen LogP contribution in [0.15, 0.2) is 0 Å². The Bertz CT molecular complexity index is 460. The van der Waals surface area contributed by atoms with E-state index in [2.05, 4.69) is 0 Å². The van der Waals surface area contributed by atoms with Crippen LogP contribution in [0.1, 0.15) is 39.0 Å². The van der Waals surface area contributed by atoms with Crippen LogP contribution in [0.2, 0.25) is 0 Å². The largest absolute Gasteiger partial charge is 0.422 e. The first-order valence-electron chi connectivity index (χ1n) is 7.42. The highest BCUT2D eigenvalue weighted by Crippen LogP contribution is 2.47. The van der Waals surface area contributed by atoms with Gasteiger partial charge in [0.1, 0.15) is 5.40 Å². The summed E-state index contributed by atoms with van der Waals surface area (Å²) in [5.74, 6) is -5.41. The summed E-state index contributed by atoms with van der Waals surface area (Å²) in [5.41, 5.74) is -4.26. The number of hydrogen-bond donors (Lipinski definition) is 0. The minimum Gasteiger partial charge on any atom is -0.234 e. The van der Waals surface area contributed by atoms with Crippen molar-refractivity contribution in [2.45, 2.75) is 63.2 Å². The molecule has 0 bridgehead atoms. The van der Waals surface area contributed by atoms with E-state index in [0.717, 1.165) is 11.8 Å². The smallest absolute Gasteiger partial charge is 0.234 e. The highest BCUT2D eigenvalue weighted by Gasteiger charge is 2.57. The van der Waals surface area contributed by atoms with E-state index < -0.39 is 55.3 Å². The van der Waals surface area contributed by atoms with Crippen molar-refractivity contribution in [3.63, 3.8) is 0 Å². The van der Waals surface area contributed by atoms with Crippen molar-refractivity contribution in [3.05, 3.63) is 0 Å². The van der Waals surface area contributed by atoms with Gasteiger partial charge < -0.3 is 0 Å². The van der Waals surface area contributed by atoms with Gasteiger partial charge in [-0.05, 0) is 37.9 Å². The summed E-state index contributed by atoms with van der Waals surface area (Å²) in [6.45, 7) is -0.118. The number of nitrogens with zero attached hydrogens (tertiary/aromatic N) is 1. The Kier molecular flexibility index (Phi) is 9.06. The molecule has 0 heterocycles. The van der Waals surface area contributed by atoms with E-state index in [1.165, 1.54) is 0 Å². The molecule has 26 heavy (non-hydrogen) atoms. The zero-order valence-electron chi connectivity index (χ0n) is 13.5. The van der Waals surface area contributed by atoms with E-state index in [4.69, 9.17) is 5.26 Å². The van der Waals surface area contributed by atoms with Crippen LogP contribution in [0, 0.1) is 22.5 Å². The van der Waals surface area contributed by atoms with Crippen molar-refractivity contribution in [3.8, 4) is 5.40 Å². The van der Waals surface area contributed by atoms with Crippen LogP contribution in [0.4, 0.5) is 43.9 Å². The van der Waals surface area contributed by atoms with Crippen LogP contribution in [0.5, 0.6) is 0 Å². The van der Waals surface area contributed by atoms with Gasteiger partial charge in [-0.2, -0.15) is 44.8 Å². The third-order valence-corrected chi connectivity index (χ3v) is 4.45. The van der Waals surface area contributed by atoms with E-state index in [0.29, 0.717) is 0 Å². The number of thiocyanates is 1. The van der Waals surface area contributed by atoms with Crippen LogP contribution < -0.4 is 0 Å². The summed E-state index contributed by atoms with van der Waals surface area (Å²) in [6, 6.07) is 0. The Morgan fingerprint density at radius 3 is 1.73 bits per heavy atom. The average Bonchev–Trinajstić information content (AvgIpc) is 2.41. The predicted molar refractivity (Wildman–Crippen MR) is 75.8 cm³/mol. The van der Waals surface area contributed by atoms with Gasteiger partial charge in [-0.15, -0.1) is 0 Å². The lowest BCUT2D eigenvalue weighted by Crippen LogP contribution is -2.43. The summed E-state index contributed by atoms with van der Waals surface area (Å²) < 4.78 is 129. The Hall–Kier alpha value is -0.860.